The van der Waals surface area contributed by atoms with Gasteiger partial charge in [-0.3, -0.25) is 4.79 Å². The Hall–Kier alpha value is -1.86. The van der Waals surface area contributed by atoms with Crippen molar-refractivity contribution in [2.45, 2.75) is 36.6 Å². The number of rotatable bonds is 6. The molecule has 1 fully saturated rings. The second-order valence-corrected chi connectivity index (χ2v) is 6.54. The average Bonchev–Trinajstić information content (AvgIpc) is 3.22. The van der Waals surface area contributed by atoms with Crippen molar-refractivity contribution in [3.05, 3.63) is 41.4 Å². The van der Waals surface area contributed by atoms with E-state index < -0.39 is 0 Å². The lowest BCUT2D eigenvalue weighted by atomic mass is 10.2. The van der Waals surface area contributed by atoms with Crippen molar-refractivity contribution in [2.24, 2.45) is 0 Å². The molecule has 1 aliphatic heterocycles. The van der Waals surface area contributed by atoms with Crippen LogP contribution in [0.2, 0.25) is 0 Å². The van der Waals surface area contributed by atoms with E-state index in [-0.39, 0.29) is 5.91 Å². The highest BCUT2D eigenvalue weighted by molar-refractivity contribution is 7.98. The lowest BCUT2D eigenvalue weighted by Crippen LogP contribution is -2.37. The molecular weight excluding hydrogens is 312 g/mol. The zero-order valence-corrected chi connectivity index (χ0v) is 13.9. The normalized spacial score (nSPS) is 17.3. The summed E-state index contributed by atoms with van der Waals surface area (Å²) < 4.78 is 5.06. The minimum absolute atomic E-state index is 0.0781. The number of aryl methyl sites for hydroxylation is 1. The molecule has 2 N–H and O–H groups in total. The number of carbonyl (C=O) groups excluding carboxylic acids is 1. The number of hydrogen-bond acceptors (Lipinski definition) is 6. The van der Waals surface area contributed by atoms with Gasteiger partial charge in [-0.1, -0.05) is 16.9 Å². The van der Waals surface area contributed by atoms with E-state index in [1.54, 1.807) is 18.3 Å². The summed E-state index contributed by atoms with van der Waals surface area (Å²) in [6.45, 7) is 3.55. The number of carbonyl (C=O) groups is 1. The first-order valence-electron chi connectivity index (χ1n) is 7.74. The van der Waals surface area contributed by atoms with E-state index in [0.29, 0.717) is 28.9 Å². The fourth-order valence-corrected chi connectivity index (χ4v) is 3.42. The van der Waals surface area contributed by atoms with Gasteiger partial charge in [0.25, 0.3) is 5.91 Å². The third-order valence-electron chi connectivity index (χ3n) is 3.72. The Morgan fingerprint density at radius 1 is 1.57 bits per heavy atom. The van der Waals surface area contributed by atoms with E-state index in [2.05, 4.69) is 20.8 Å². The molecule has 0 spiro atoms. The van der Waals surface area contributed by atoms with E-state index in [0.717, 1.165) is 24.4 Å². The highest BCUT2D eigenvalue weighted by Crippen LogP contribution is 2.24. The smallest absolute Gasteiger partial charge is 0.254 e. The van der Waals surface area contributed by atoms with Gasteiger partial charge in [0.15, 0.2) is 0 Å². The van der Waals surface area contributed by atoms with Crippen molar-refractivity contribution in [1.82, 2.24) is 20.8 Å². The molecule has 7 heteroatoms. The van der Waals surface area contributed by atoms with Crippen LogP contribution in [0.25, 0.3) is 0 Å². The maximum absolute atomic E-state index is 12.4. The molecule has 6 nitrogen and oxygen atoms in total. The number of amides is 1. The zero-order valence-electron chi connectivity index (χ0n) is 13.0. The standard InChI is InChI=1S/C16H20N4O2S/c1-11-8-13(20-22-11)10-23-16-14(5-3-7-18-16)15(21)19-9-12-4-2-6-17-12/h3,5,7-8,12,17H,2,4,6,9-10H2,1H3,(H,19,21). The van der Waals surface area contributed by atoms with Gasteiger partial charge >= 0.3 is 0 Å². The number of thioether (sulfide) groups is 1. The van der Waals surface area contributed by atoms with Gasteiger partial charge in [-0.05, 0) is 38.4 Å². The second kappa shape index (κ2) is 7.61. The van der Waals surface area contributed by atoms with Gasteiger partial charge in [0.2, 0.25) is 0 Å². The maximum atomic E-state index is 12.4. The highest BCUT2D eigenvalue weighted by Gasteiger charge is 2.17. The molecule has 2 aromatic heterocycles. The van der Waals surface area contributed by atoms with Crippen molar-refractivity contribution in [3.63, 3.8) is 0 Å². The van der Waals surface area contributed by atoms with Gasteiger partial charge in [0, 0.05) is 30.6 Å². The number of nitrogens with one attached hydrogen (secondary N) is 2. The maximum Gasteiger partial charge on any atom is 0.254 e. The Morgan fingerprint density at radius 3 is 3.22 bits per heavy atom. The summed E-state index contributed by atoms with van der Waals surface area (Å²) in [7, 11) is 0. The largest absolute Gasteiger partial charge is 0.361 e. The molecular formula is C16H20N4O2S. The van der Waals surface area contributed by atoms with Crippen molar-refractivity contribution in [3.8, 4) is 0 Å². The molecule has 0 bridgehead atoms. The molecule has 0 aliphatic carbocycles. The monoisotopic (exact) mass is 332 g/mol. The fourth-order valence-electron chi connectivity index (χ4n) is 2.55. The molecule has 0 radical (unpaired) electrons. The molecule has 122 valence electrons. The lowest BCUT2D eigenvalue weighted by Gasteiger charge is -2.12. The van der Waals surface area contributed by atoms with E-state index in [1.165, 1.54) is 18.2 Å². The van der Waals surface area contributed by atoms with E-state index in [4.69, 9.17) is 4.52 Å². The third-order valence-corrected chi connectivity index (χ3v) is 4.76. The number of aromatic nitrogens is 2. The molecule has 3 rings (SSSR count). The van der Waals surface area contributed by atoms with Crippen molar-refractivity contribution in [1.29, 1.82) is 0 Å². The average molecular weight is 332 g/mol. The van der Waals surface area contributed by atoms with Crippen LogP contribution in [-0.2, 0) is 5.75 Å². The predicted octanol–water partition coefficient (Wildman–Crippen LogP) is 2.15. The highest BCUT2D eigenvalue weighted by atomic mass is 32.2. The Balaban J connectivity index is 1.60. The minimum Gasteiger partial charge on any atom is -0.361 e. The number of nitrogens with zero attached hydrogens (tertiary/aromatic N) is 2. The van der Waals surface area contributed by atoms with E-state index >= 15 is 0 Å². The first kappa shape index (κ1) is 16.0. The van der Waals surface area contributed by atoms with Crippen LogP contribution in [0.5, 0.6) is 0 Å². The van der Waals surface area contributed by atoms with E-state index in [9.17, 15) is 4.79 Å². The minimum atomic E-state index is -0.0781. The summed E-state index contributed by atoms with van der Waals surface area (Å²) in [5.74, 6) is 1.33. The molecule has 1 saturated heterocycles. The van der Waals surface area contributed by atoms with Gasteiger partial charge < -0.3 is 15.2 Å². The summed E-state index contributed by atoms with van der Waals surface area (Å²) in [6, 6.07) is 5.86. The molecule has 0 aromatic carbocycles. The lowest BCUT2D eigenvalue weighted by molar-refractivity contribution is 0.0946. The molecule has 1 amide bonds. The molecule has 0 saturated carbocycles. The van der Waals surface area contributed by atoms with Crippen molar-refractivity contribution in [2.75, 3.05) is 13.1 Å². The van der Waals surface area contributed by atoms with Crippen LogP contribution in [0.1, 0.15) is 34.7 Å². The Labute approximate surface area is 139 Å². The molecule has 1 unspecified atom stereocenters. The Morgan fingerprint density at radius 2 is 2.48 bits per heavy atom. The summed E-state index contributed by atoms with van der Waals surface area (Å²) in [4.78, 5) is 16.7. The number of hydrogen-bond donors (Lipinski definition) is 2. The molecule has 3 heterocycles. The van der Waals surface area contributed by atoms with Crippen LogP contribution in [-0.4, -0.2) is 35.2 Å². The van der Waals surface area contributed by atoms with Gasteiger partial charge in [-0.25, -0.2) is 4.98 Å². The van der Waals surface area contributed by atoms with Crippen LogP contribution in [0, 0.1) is 6.92 Å². The van der Waals surface area contributed by atoms with Crippen LogP contribution in [0.4, 0.5) is 0 Å². The van der Waals surface area contributed by atoms with Crippen LogP contribution >= 0.6 is 11.8 Å². The predicted molar refractivity (Wildman–Crippen MR) is 88.4 cm³/mol. The first-order valence-corrected chi connectivity index (χ1v) is 8.72. The zero-order chi connectivity index (χ0) is 16.1. The van der Waals surface area contributed by atoms with E-state index in [1.807, 2.05) is 13.0 Å². The van der Waals surface area contributed by atoms with Crippen LogP contribution in [0.15, 0.2) is 33.9 Å². The van der Waals surface area contributed by atoms with Gasteiger partial charge in [0.05, 0.1) is 11.3 Å². The topological polar surface area (TPSA) is 80.0 Å². The summed E-state index contributed by atoms with van der Waals surface area (Å²) >= 11 is 1.49. The fraction of sp³-hybridized carbons (Fsp3) is 0.438. The SMILES string of the molecule is Cc1cc(CSc2ncccc2C(=O)NCC2CCCN2)no1. The van der Waals surface area contributed by atoms with Crippen molar-refractivity contribution < 1.29 is 9.32 Å². The first-order chi connectivity index (χ1) is 11.2. The molecule has 1 atom stereocenters. The van der Waals surface area contributed by atoms with Crippen LogP contribution < -0.4 is 10.6 Å². The van der Waals surface area contributed by atoms with Crippen molar-refractivity contribution >= 4 is 17.7 Å². The molecule has 2 aromatic rings. The second-order valence-electron chi connectivity index (χ2n) is 5.58. The summed E-state index contributed by atoms with van der Waals surface area (Å²) in [6.07, 6.45) is 3.98. The van der Waals surface area contributed by atoms with Gasteiger partial charge in [-0.15, -0.1) is 0 Å². The van der Waals surface area contributed by atoms with Gasteiger partial charge in [0.1, 0.15) is 10.8 Å². The quantitative estimate of drug-likeness (QED) is 0.789. The summed E-state index contributed by atoms with van der Waals surface area (Å²) in [5, 5.41) is 11.0. The van der Waals surface area contributed by atoms with Crippen LogP contribution in [0.3, 0.4) is 0 Å². The number of pyridine rings is 1. The Kier molecular flexibility index (Phi) is 5.30. The summed E-state index contributed by atoms with van der Waals surface area (Å²) in [5.41, 5.74) is 1.45. The van der Waals surface area contributed by atoms with Gasteiger partial charge in [-0.2, -0.15) is 0 Å². The Bertz CT molecular complexity index is 668. The molecule has 1 aliphatic rings. The molecule has 23 heavy (non-hydrogen) atoms. The third kappa shape index (κ3) is 4.33.